The highest BCUT2D eigenvalue weighted by atomic mass is 16.5. The first-order valence-electron chi connectivity index (χ1n) is 6.95. The summed E-state index contributed by atoms with van der Waals surface area (Å²) in [6, 6.07) is 8.74. The maximum Gasteiger partial charge on any atom is 0.329 e. The molecule has 0 aliphatic rings. The number of aliphatic carboxylic acids is 1. The number of carboxylic acids is 1. The zero-order valence-electron chi connectivity index (χ0n) is 12.4. The molecule has 0 saturated carbocycles. The summed E-state index contributed by atoms with van der Waals surface area (Å²) in [5, 5.41) is 14.2. The minimum absolute atomic E-state index is 0.294. The molecule has 1 atom stereocenters. The van der Waals surface area contributed by atoms with Crippen LogP contribution in [0.5, 0.6) is 5.75 Å². The number of benzene rings is 1. The van der Waals surface area contributed by atoms with Crippen molar-refractivity contribution in [3.05, 3.63) is 30.3 Å². The Hall–Kier alpha value is -2.24. The Morgan fingerprint density at radius 3 is 2.52 bits per heavy atom. The number of carbonyl (C=O) groups excluding carboxylic acids is 1. The third-order valence-corrected chi connectivity index (χ3v) is 3.01. The molecule has 0 aliphatic heterocycles. The van der Waals surface area contributed by atoms with Crippen LogP contribution in [-0.4, -0.2) is 35.8 Å². The second-order valence-corrected chi connectivity index (χ2v) is 4.93. The maximum atomic E-state index is 11.7. The van der Waals surface area contributed by atoms with Crippen molar-refractivity contribution in [2.24, 2.45) is 0 Å². The van der Waals surface area contributed by atoms with E-state index in [0.717, 1.165) is 5.75 Å². The Kier molecular flexibility index (Phi) is 6.52. The first kappa shape index (κ1) is 16.8. The van der Waals surface area contributed by atoms with Gasteiger partial charge in [0.25, 0.3) is 0 Å². The fourth-order valence-electron chi connectivity index (χ4n) is 1.87. The molecular weight excluding hydrogens is 272 g/mol. The third-order valence-electron chi connectivity index (χ3n) is 3.01. The summed E-state index contributed by atoms with van der Waals surface area (Å²) in [5.74, 6) is -0.318. The average Bonchev–Trinajstić information content (AvgIpc) is 2.45. The molecule has 6 nitrogen and oxygen atoms in total. The van der Waals surface area contributed by atoms with E-state index in [9.17, 15) is 9.59 Å². The lowest BCUT2D eigenvalue weighted by molar-refractivity contribution is -0.144. The van der Waals surface area contributed by atoms with Crippen LogP contribution in [0.25, 0.3) is 0 Å². The van der Waals surface area contributed by atoms with E-state index in [-0.39, 0.29) is 0 Å². The van der Waals surface area contributed by atoms with Crippen molar-refractivity contribution in [3.63, 3.8) is 0 Å². The van der Waals surface area contributed by atoms with Crippen molar-refractivity contribution >= 4 is 12.0 Å². The maximum absolute atomic E-state index is 11.7. The summed E-state index contributed by atoms with van der Waals surface area (Å²) in [5.41, 5.74) is -1.25. The van der Waals surface area contributed by atoms with Crippen LogP contribution in [-0.2, 0) is 4.79 Å². The largest absolute Gasteiger partial charge is 0.492 e. The second kappa shape index (κ2) is 8.14. The van der Waals surface area contributed by atoms with E-state index < -0.39 is 17.5 Å². The highest BCUT2D eigenvalue weighted by Gasteiger charge is 2.33. The van der Waals surface area contributed by atoms with Gasteiger partial charge in [-0.2, -0.15) is 0 Å². The van der Waals surface area contributed by atoms with Gasteiger partial charge in [0, 0.05) is 0 Å². The molecule has 0 radical (unpaired) electrons. The lowest BCUT2D eigenvalue weighted by Gasteiger charge is -2.25. The first-order valence-corrected chi connectivity index (χ1v) is 6.95. The van der Waals surface area contributed by atoms with Crippen molar-refractivity contribution in [3.8, 4) is 5.75 Å². The zero-order valence-corrected chi connectivity index (χ0v) is 12.4. The summed E-state index contributed by atoms with van der Waals surface area (Å²) >= 11 is 0. The predicted octanol–water partition coefficient (Wildman–Crippen LogP) is 2.01. The number of rotatable bonds is 8. The monoisotopic (exact) mass is 294 g/mol. The summed E-state index contributed by atoms with van der Waals surface area (Å²) < 4.78 is 5.42. The standard InChI is InChI=1S/C15H22N2O4/c1-3-9-15(2,13(18)19)17-14(20)16-10-11-21-12-7-5-4-6-8-12/h4-8H,3,9-11H2,1-2H3,(H,18,19)(H2,16,17,20). The number of carbonyl (C=O) groups is 2. The molecular formula is C15H22N2O4. The minimum Gasteiger partial charge on any atom is -0.492 e. The number of carboxylic acid groups (broad SMARTS) is 1. The Bertz CT molecular complexity index is 464. The van der Waals surface area contributed by atoms with E-state index in [1.165, 1.54) is 6.92 Å². The molecule has 1 unspecified atom stereocenters. The molecule has 1 aromatic rings. The van der Waals surface area contributed by atoms with E-state index in [2.05, 4.69) is 10.6 Å². The molecule has 3 N–H and O–H groups in total. The van der Waals surface area contributed by atoms with Crippen molar-refractivity contribution in [2.45, 2.75) is 32.2 Å². The fourth-order valence-corrected chi connectivity index (χ4v) is 1.87. The average molecular weight is 294 g/mol. The molecule has 0 aliphatic carbocycles. The van der Waals surface area contributed by atoms with Gasteiger partial charge in [-0.1, -0.05) is 31.5 Å². The quantitative estimate of drug-likeness (QED) is 0.640. The Morgan fingerprint density at radius 1 is 1.29 bits per heavy atom. The van der Waals surface area contributed by atoms with Crippen LogP contribution in [0.3, 0.4) is 0 Å². The Balaban J connectivity index is 2.32. The van der Waals surface area contributed by atoms with Gasteiger partial charge < -0.3 is 20.5 Å². The third kappa shape index (κ3) is 5.72. The Labute approximate surface area is 124 Å². The number of amides is 2. The van der Waals surface area contributed by atoms with Crippen LogP contribution >= 0.6 is 0 Å². The number of urea groups is 1. The molecule has 21 heavy (non-hydrogen) atoms. The van der Waals surface area contributed by atoms with E-state index >= 15 is 0 Å². The molecule has 0 aromatic heterocycles. The summed E-state index contributed by atoms with van der Waals surface area (Å²) in [7, 11) is 0. The SMILES string of the molecule is CCCC(C)(NC(=O)NCCOc1ccccc1)C(=O)O. The van der Waals surface area contributed by atoms with E-state index in [4.69, 9.17) is 9.84 Å². The molecule has 0 fully saturated rings. The summed E-state index contributed by atoms with van der Waals surface area (Å²) in [4.78, 5) is 22.9. The molecule has 1 aromatic carbocycles. The van der Waals surface area contributed by atoms with Gasteiger partial charge in [-0.3, -0.25) is 0 Å². The van der Waals surface area contributed by atoms with Crippen LogP contribution in [0.1, 0.15) is 26.7 Å². The number of nitrogens with one attached hydrogen (secondary N) is 2. The van der Waals surface area contributed by atoms with Gasteiger partial charge in [0.15, 0.2) is 0 Å². The van der Waals surface area contributed by atoms with Crippen LogP contribution in [0.15, 0.2) is 30.3 Å². The number of hydrogen-bond donors (Lipinski definition) is 3. The van der Waals surface area contributed by atoms with Crippen molar-refractivity contribution in [1.29, 1.82) is 0 Å². The van der Waals surface area contributed by atoms with Gasteiger partial charge in [-0.05, 0) is 25.5 Å². The van der Waals surface area contributed by atoms with Gasteiger partial charge >= 0.3 is 12.0 Å². The number of hydrogen-bond acceptors (Lipinski definition) is 3. The lowest BCUT2D eigenvalue weighted by atomic mass is 9.97. The van der Waals surface area contributed by atoms with Crippen molar-refractivity contribution in [1.82, 2.24) is 10.6 Å². The second-order valence-electron chi connectivity index (χ2n) is 4.93. The molecule has 6 heteroatoms. The van der Waals surface area contributed by atoms with Gasteiger partial charge in [0.2, 0.25) is 0 Å². The van der Waals surface area contributed by atoms with Crippen LogP contribution in [0.2, 0.25) is 0 Å². The molecule has 116 valence electrons. The zero-order chi connectivity index (χ0) is 15.7. The van der Waals surface area contributed by atoms with Gasteiger partial charge in [-0.15, -0.1) is 0 Å². The van der Waals surface area contributed by atoms with Gasteiger partial charge in [0.05, 0.1) is 6.54 Å². The predicted molar refractivity (Wildman–Crippen MR) is 79.4 cm³/mol. The molecule has 0 spiro atoms. The molecule has 1 rings (SSSR count). The molecule has 2 amide bonds. The Morgan fingerprint density at radius 2 is 1.95 bits per heavy atom. The van der Waals surface area contributed by atoms with Gasteiger partial charge in [-0.25, -0.2) is 9.59 Å². The summed E-state index contributed by atoms with van der Waals surface area (Å²) in [6.45, 7) is 3.98. The van der Waals surface area contributed by atoms with E-state index in [1.54, 1.807) is 0 Å². The van der Waals surface area contributed by atoms with E-state index in [0.29, 0.717) is 26.0 Å². The van der Waals surface area contributed by atoms with Crippen LogP contribution < -0.4 is 15.4 Å². The molecule has 0 bridgehead atoms. The van der Waals surface area contributed by atoms with Crippen LogP contribution in [0.4, 0.5) is 4.79 Å². The number of ether oxygens (including phenoxy) is 1. The summed E-state index contributed by atoms with van der Waals surface area (Å²) in [6.07, 6.45) is 1.04. The minimum atomic E-state index is -1.25. The smallest absolute Gasteiger partial charge is 0.329 e. The topological polar surface area (TPSA) is 87.7 Å². The molecule has 0 saturated heterocycles. The highest BCUT2D eigenvalue weighted by Crippen LogP contribution is 2.12. The number of para-hydroxylation sites is 1. The highest BCUT2D eigenvalue weighted by molar-refractivity contribution is 5.85. The molecule has 0 heterocycles. The van der Waals surface area contributed by atoms with Gasteiger partial charge in [0.1, 0.15) is 17.9 Å². The van der Waals surface area contributed by atoms with Crippen molar-refractivity contribution in [2.75, 3.05) is 13.2 Å². The fraction of sp³-hybridized carbons (Fsp3) is 0.467. The normalized spacial score (nSPS) is 13.0. The lowest BCUT2D eigenvalue weighted by Crippen LogP contribution is -2.55. The van der Waals surface area contributed by atoms with E-state index in [1.807, 2.05) is 37.3 Å². The van der Waals surface area contributed by atoms with Crippen LogP contribution in [0, 0.1) is 0 Å². The van der Waals surface area contributed by atoms with Crippen molar-refractivity contribution < 1.29 is 19.4 Å². The first-order chi connectivity index (χ1) is 9.98.